The molecule has 1 aliphatic rings. The first kappa shape index (κ1) is 36.2. The lowest BCUT2D eigenvalue weighted by atomic mass is 9.91. The maximum atomic E-state index is 3.76. The number of allylic oxidation sites excluding steroid dienone is 8. The number of hydrogen-bond donors (Lipinski definition) is 0. The summed E-state index contributed by atoms with van der Waals surface area (Å²) >= 11 is 0. The van der Waals surface area contributed by atoms with E-state index < -0.39 is 0 Å². The molecule has 0 unspecified atom stereocenters. The molecule has 0 radical (unpaired) electrons. The summed E-state index contributed by atoms with van der Waals surface area (Å²) in [7, 11) is 0. The van der Waals surface area contributed by atoms with Crippen LogP contribution in [0.1, 0.15) is 62.4 Å². The summed E-state index contributed by atoms with van der Waals surface area (Å²) in [4.78, 5) is 4.94. The molecule has 0 bridgehead atoms. The normalized spacial score (nSPS) is 14.2. The minimum absolute atomic E-state index is 0.366. The predicted octanol–water partition coefficient (Wildman–Crippen LogP) is 13.9. The fourth-order valence-electron chi connectivity index (χ4n) is 7.79. The molecule has 1 aliphatic carbocycles. The summed E-state index contributed by atoms with van der Waals surface area (Å²) in [6.07, 6.45) is 19.0. The number of rotatable bonds is 11. The minimum atomic E-state index is 0.366. The molecule has 0 N–H and O–H groups in total. The Hall–Kier alpha value is -5.60. The molecule has 0 heterocycles. The average molecular weight is 681 g/mol. The first-order valence-electron chi connectivity index (χ1n) is 18.5. The molecule has 5 aromatic carbocycles. The molecule has 6 rings (SSSR count). The van der Waals surface area contributed by atoms with Crippen molar-refractivity contribution >= 4 is 28.4 Å². The van der Waals surface area contributed by atoms with Gasteiger partial charge in [-0.15, -0.1) is 0 Å². The summed E-state index contributed by atoms with van der Waals surface area (Å²) in [5.74, 6) is 0.366. The van der Waals surface area contributed by atoms with Gasteiger partial charge in [-0.05, 0) is 137 Å². The van der Waals surface area contributed by atoms with Crippen LogP contribution in [0.15, 0.2) is 158 Å². The molecule has 2 nitrogen and oxygen atoms in total. The third kappa shape index (κ3) is 8.13. The number of benzene rings is 5. The van der Waals surface area contributed by atoms with Gasteiger partial charge in [0.05, 0.1) is 11.4 Å². The SMILES string of the molecule is C=C/C=C\C=C/Cc1ccc(N(c2cc(C)cc(N(C3=CC[C@H](c4ccccc4)C=C3)c3c(C)cc(C)cc3C)c2)c2c(C)cc(C)cc2C)cc1. The van der Waals surface area contributed by atoms with Crippen LogP contribution in [0.4, 0.5) is 28.4 Å². The quantitative estimate of drug-likeness (QED) is 0.128. The highest BCUT2D eigenvalue weighted by Crippen LogP contribution is 2.44. The topological polar surface area (TPSA) is 6.48 Å². The third-order valence-electron chi connectivity index (χ3n) is 9.89. The Morgan fingerprint density at radius 1 is 0.596 bits per heavy atom. The monoisotopic (exact) mass is 680 g/mol. The van der Waals surface area contributed by atoms with E-state index in [2.05, 4.69) is 192 Å². The summed E-state index contributed by atoms with van der Waals surface area (Å²) < 4.78 is 0. The van der Waals surface area contributed by atoms with Crippen molar-refractivity contribution in [3.8, 4) is 0 Å². The zero-order valence-corrected chi connectivity index (χ0v) is 31.9. The number of aryl methyl sites for hydroxylation is 7. The largest absolute Gasteiger partial charge is 0.310 e. The van der Waals surface area contributed by atoms with Crippen LogP contribution < -0.4 is 9.80 Å². The predicted molar refractivity (Wildman–Crippen MR) is 226 cm³/mol. The Morgan fingerprint density at radius 3 is 1.71 bits per heavy atom. The zero-order chi connectivity index (χ0) is 36.8. The van der Waals surface area contributed by atoms with Gasteiger partial charge in [0.2, 0.25) is 0 Å². The second kappa shape index (κ2) is 16.2. The van der Waals surface area contributed by atoms with Crippen molar-refractivity contribution in [3.63, 3.8) is 0 Å². The van der Waals surface area contributed by atoms with E-state index in [1.54, 1.807) is 6.08 Å². The second-order valence-corrected chi connectivity index (χ2v) is 14.4. The first-order valence-corrected chi connectivity index (χ1v) is 18.5. The second-order valence-electron chi connectivity index (χ2n) is 14.4. The molecule has 0 saturated carbocycles. The van der Waals surface area contributed by atoms with E-state index in [-0.39, 0.29) is 0 Å². The van der Waals surface area contributed by atoms with Crippen LogP contribution in [0.3, 0.4) is 0 Å². The molecule has 52 heavy (non-hydrogen) atoms. The molecular formula is C50H52N2. The summed E-state index contributed by atoms with van der Waals surface area (Å²) in [5, 5.41) is 0. The zero-order valence-electron chi connectivity index (χ0n) is 31.9. The van der Waals surface area contributed by atoms with Gasteiger partial charge >= 0.3 is 0 Å². The Kier molecular flexibility index (Phi) is 11.3. The molecular weight excluding hydrogens is 629 g/mol. The van der Waals surface area contributed by atoms with E-state index in [0.29, 0.717) is 5.92 Å². The van der Waals surface area contributed by atoms with Crippen LogP contribution in [0.5, 0.6) is 0 Å². The highest BCUT2D eigenvalue weighted by molar-refractivity contribution is 5.85. The number of nitrogens with zero attached hydrogens (tertiary/aromatic N) is 2. The van der Waals surface area contributed by atoms with Gasteiger partial charge in [0.1, 0.15) is 0 Å². The summed E-state index contributed by atoms with van der Waals surface area (Å²) in [5.41, 5.74) is 18.6. The standard InChI is InChI=1S/C50H52N2/c1-9-10-11-12-14-17-42-20-24-45(25-21-42)51(49-38(5)28-35(2)29-39(49)6)47-32-37(4)33-48(34-47)52(50-40(7)30-36(3)31-41(50)8)46-26-22-44(23-27-46)43-18-15-13-16-19-43/h9-16,18-22,24-34,44H,1,17,23H2,2-8H3/b11-10-,14-12-/t44-/m1/s1. The van der Waals surface area contributed by atoms with Crippen molar-refractivity contribution in [1.29, 1.82) is 0 Å². The molecule has 1 atom stereocenters. The van der Waals surface area contributed by atoms with Gasteiger partial charge in [-0.3, -0.25) is 0 Å². The fraction of sp³-hybridized carbons (Fsp3) is 0.200. The van der Waals surface area contributed by atoms with Crippen LogP contribution in [-0.2, 0) is 6.42 Å². The highest BCUT2D eigenvalue weighted by atomic mass is 15.2. The summed E-state index contributed by atoms with van der Waals surface area (Å²) in [6.45, 7) is 19.3. The Morgan fingerprint density at radius 2 is 1.15 bits per heavy atom. The molecule has 0 fully saturated rings. The van der Waals surface area contributed by atoms with Crippen molar-refractivity contribution < 1.29 is 0 Å². The van der Waals surface area contributed by atoms with Crippen LogP contribution in [0, 0.1) is 48.5 Å². The molecule has 0 amide bonds. The van der Waals surface area contributed by atoms with Crippen molar-refractivity contribution in [2.75, 3.05) is 9.80 Å². The average Bonchev–Trinajstić information content (AvgIpc) is 3.12. The van der Waals surface area contributed by atoms with E-state index in [1.165, 1.54) is 67.1 Å². The van der Waals surface area contributed by atoms with Gasteiger partial charge in [-0.1, -0.05) is 127 Å². The van der Waals surface area contributed by atoms with E-state index in [4.69, 9.17) is 0 Å². The van der Waals surface area contributed by atoms with Gasteiger partial charge in [-0.25, -0.2) is 0 Å². The van der Waals surface area contributed by atoms with E-state index in [9.17, 15) is 0 Å². The molecule has 0 saturated heterocycles. The van der Waals surface area contributed by atoms with Gasteiger partial charge in [0.15, 0.2) is 0 Å². The smallest absolute Gasteiger partial charge is 0.0520 e. The Balaban J connectivity index is 1.48. The summed E-state index contributed by atoms with van der Waals surface area (Å²) in [6, 6.07) is 36.2. The molecule has 262 valence electrons. The lowest BCUT2D eigenvalue weighted by Crippen LogP contribution is -2.20. The number of hydrogen-bond acceptors (Lipinski definition) is 2. The van der Waals surface area contributed by atoms with Gasteiger partial charge in [0.25, 0.3) is 0 Å². The van der Waals surface area contributed by atoms with Crippen molar-refractivity contribution in [2.45, 2.75) is 67.2 Å². The van der Waals surface area contributed by atoms with E-state index in [0.717, 1.165) is 29.9 Å². The highest BCUT2D eigenvalue weighted by Gasteiger charge is 2.24. The maximum absolute atomic E-state index is 3.76. The van der Waals surface area contributed by atoms with Crippen molar-refractivity contribution in [2.24, 2.45) is 0 Å². The molecule has 2 heteroatoms. The first-order chi connectivity index (χ1) is 25.1. The maximum Gasteiger partial charge on any atom is 0.0520 e. The van der Waals surface area contributed by atoms with Crippen molar-refractivity contribution in [3.05, 3.63) is 208 Å². The van der Waals surface area contributed by atoms with Crippen LogP contribution in [0.25, 0.3) is 0 Å². The van der Waals surface area contributed by atoms with E-state index >= 15 is 0 Å². The van der Waals surface area contributed by atoms with Crippen molar-refractivity contribution in [1.82, 2.24) is 0 Å². The molecule has 0 aliphatic heterocycles. The van der Waals surface area contributed by atoms with Crippen LogP contribution >= 0.6 is 0 Å². The van der Waals surface area contributed by atoms with Crippen LogP contribution in [-0.4, -0.2) is 0 Å². The third-order valence-corrected chi connectivity index (χ3v) is 9.89. The number of anilines is 5. The Labute approximate surface area is 312 Å². The lowest BCUT2D eigenvalue weighted by Gasteiger charge is -2.34. The van der Waals surface area contributed by atoms with E-state index in [1.807, 2.05) is 12.2 Å². The van der Waals surface area contributed by atoms with Crippen LogP contribution in [0.2, 0.25) is 0 Å². The molecule has 0 spiro atoms. The van der Waals surface area contributed by atoms with Gasteiger partial charge in [0, 0.05) is 28.7 Å². The van der Waals surface area contributed by atoms with Gasteiger partial charge < -0.3 is 9.80 Å². The Bertz CT molecular complexity index is 2130. The van der Waals surface area contributed by atoms with Gasteiger partial charge in [-0.2, -0.15) is 0 Å². The lowest BCUT2D eigenvalue weighted by molar-refractivity contribution is 0.839. The minimum Gasteiger partial charge on any atom is -0.310 e. The fourth-order valence-corrected chi connectivity index (χ4v) is 7.79. The molecule has 0 aromatic heterocycles. The molecule has 5 aromatic rings.